The zero-order valence-corrected chi connectivity index (χ0v) is 12.3. The van der Waals surface area contributed by atoms with Crippen LogP contribution in [0.15, 0.2) is 0 Å². The van der Waals surface area contributed by atoms with Gasteiger partial charge in [-0.3, -0.25) is 0 Å². The number of aliphatic hydroxyl groups is 6. The van der Waals surface area contributed by atoms with E-state index < -0.39 is 45.0 Å². The highest BCUT2D eigenvalue weighted by Crippen LogP contribution is 2.57. The predicted octanol–water partition coefficient (Wildman–Crippen LogP) is -0.711. The molecule has 0 aliphatic heterocycles. The largest absolute Gasteiger partial charge is 0.487 e. The van der Waals surface area contributed by atoms with Crippen LogP contribution in [0.4, 0.5) is 0 Å². The van der Waals surface area contributed by atoms with Gasteiger partial charge < -0.3 is 30.6 Å². The SMILES string of the molecule is CCC(O)(O)OP(=O)(OC(O)(O)CC)OC(O)(O)CC. The molecule has 6 N–H and O–H groups in total. The molecule has 0 fully saturated rings. The molecule has 0 saturated heterocycles. The first-order valence-electron chi connectivity index (χ1n) is 5.87. The minimum Gasteiger partial charge on any atom is -0.343 e. The molecule has 0 atom stereocenters. The Bertz CT molecular complexity index is 300. The van der Waals surface area contributed by atoms with Crippen molar-refractivity contribution in [2.45, 2.75) is 58.0 Å². The topological polar surface area (TPSA) is 166 Å². The third-order valence-electron chi connectivity index (χ3n) is 2.16. The van der Waals surface area contributed by atoms with Crippen LogP contribution < -0.4 is 0 Å². The Labute approximate surface area is 115 Å². The number of rotatable bonds is 9. The van der Waals surface area contributed by atoms with Gasteiger partial charge in [0.2, 0.25) is 0 Å². The molecule has 0 aliphatic rings. The summed E-state index contributed by atoms with van der Waals surface area (Å²) in [4.78, 5) is 0. The molecular weight excluding hydrogens is 299 g/mol. The van der Waals surface area contributed by atoms with E-state index >= 15 is 0 Å². The fourth-order valence-electron chi connectivity index (χ4n) is 0.787. The highest BCUT2D eigenvalue weighted by molar-refractivity contribution is 7.48. The van der Waals surface area contributed by atoms with Gasteiger partial charge in [0, 0.05) is 19.3 Å². The van der Waals surface area contributed by atoms with E-state index in [4.69, 9.17) is 0 Å². The second-order valence-corrected chi connectivity index (χ2v) is 5.45. The van der Waals surface area contributed by atoms with Gasteiger partial charge in [-0.25, -0.2) is 18.1 Å². The van der Waals surface area contributed by atoms with Crippen molar-refractivity contribution in [2.24, 2.45) is 0 Å². The lowest BCUT2D eigenvalue weighted by Crippen LogP contribution is -2.38. The number of phosphoric acid groups is 1. The second kappa shape index (κ2) is 6.75. The number of hydrogen-bond acceptors (Lipinski definition) is 10. The zero-order valence-electron chi connectivity index (χ0n) is 11.4. The van der Waals surface area contributed by atoms with Crippen LogP contribution in [0.2, 0.25) is 0 Å². The standard InChI is InChI=1S/C9H21O10P/c1-4-7(10,11)17-20(16,18-8(12,13)5-2)19-9(14,15)6-3/h10-15H,4-6H2,1-3H3. The Morgan fingerprint density at radius 2 is 0.900 bits per heavy atom. The minimum atomic E-state index is -5.13. The van der Waals surface area contributed by atoms with Crippen molar-refractivity contribution in [1.29, 1.82) is 0 Å². The molecule has 122 valence electrons. The lowest BCUT2D eigenvalue weighted by molar-refractivity contribution is -0.354. The van der Waals surface area contributed by atoms with E-state index in [-0.39, 0.29) is 0 Å². The van der Waals surface area contributed by atoms with Crippen LogP contribution in [0.3, 0.4) is 0 Å². The van der Waals surface area contributed by atoms with Gasteiger partial charge in [-0.2, -0.15) is 0 Å². The molecule has 0 aliphatic carbocycles. The molecule has 0 saturated carbocycles. The molecule has 0 amide bonds. The summed E-state index contributed by atoms with van der Waals surface area (Å²) in [6.45, 7) is 3.71. The van der Waals surface area contributed by atoms with E-state index in [0.29, 0.717) is 0 Å². The van der Waals surface area contributed by atoms with Crippen LogP contribution in [0, 0.1) is 0 Å². The first-order chi connectivity index (χ1) is 8.80. The molecule has 0 aromatic heterocycles. The van der Waals surface area contributed by atoms with Crippen molar-refractivity contribution >= 4 is 7.82 Å². The second-order valence-electron chi connectivity index (χ2n) is 4.01. The Kier molecular flexibility index (Phi) is 6.71. The van der Waals surface area contributed by atoms with Crippen LogP contribution in [-0.4, -0.2) is 48.6 Å². The van der Waals surface area contributed by atoms with Crippen molar-refractivity contribution in [3.63, 3.8) is 0 Å². The average molecular weight is 320 g/mol. The molecule has 0 aromatic rings. The summed E-state index contributed by atoms with van der Waals surface area (Å²) in [5.41, 5.74) is 0. The lowest BCUT2D eigenvalue weighted by atomic mass is 10.4. The van der Waals surface area contributed by atoms with E-state index in [9.17, 15) is 35.2 Å². The van der Waals surface area contributed by atoms with Gasteiger partial charge in [-0.15, -0.1) is 0 Å². The molecule has 0 unspecified atom stereocenters. The van der Waals surface area contributed by atoms with Gasteiger partial charge in [0.25, 0.3) is 17.9 Å². The monoisotopic (exact) mass is 320 g/mol. The molecule has 10 nitrogen and oxygen atoms in total. The summed E-state index contributed by atoms with van der Waals surface area (Å²) in [7, 11) is -5.13. The van der Waals surface area contributed by atoms with Crippen molar-refractivity contribution in [1.82, 2.24) is 0 Å². The van der Waals surface area contributed by atoms with Crippen LogP contribution >= 0.6 is 7.82 Å². The molecule has 0 bridgehead atoms. The van der Waals surface area contributed by atoms with Gasteiger partial charge in [-0.05, 0) is 0 Å². The Morgan fingerprint density at radius 1 is 0.700 bits per heavy atom. The average Bonchev–Trinajstić information content (AvgIpc) is 2.26. The van der Waals surface area contributed by atoms with Crippen molar-refractivity contribution in [2.75, 3.05) is 0 Å². The Morgan fingerprint density at radius 3 is 1.05 bits per heavy atom. The Balaban J connectivity index is 5.29. The molecule has 0 rings (SSSR count). The van der Waals surface area contributed by atoms with Crippen molar-refractivity contribution in [3.8, 4) is 0 Å². The third-order valence-corrected chi connectivity index (χ3v) is 3.70. The van der Waals surface area contributed by atoms with Gasteiger partial charge in [-0.1, -0.05) is 20.8 Å². The molecule has 0 radical (unpaired) electrons. The summed E-state index contributed by atoms with van der Waals surface area (Å²) in [5.74, 6) is -8.99. The molecule has 0 spiro atoms. The molecule has 0 heterocycles. The third kappa shape index (κ3) is 7.04. The fourth-order valence-corrected chi connectivity index (χ4v) is 2.36. The van der Waals surface area contributed by atoms with E-state index in [1.54, 1.807) is 0 Å². The Hall–Kier alpha value is -0.130. The zero-order chi connectivity index (χ0) is 16.2. The van der Waals surface area contributed by atoms with Crippen LogP contribution in [0.25, 0.3) is 0 Å². The lowest BCUT2D eigenvalue weighted by Gasteiger charge is -2.32. The van der Waals surface area contributed by atoms with E-state index in [2.05, 4.69) is 13.6 Å². The number of hydrogen-bond donors (Lipinski definition) is 6. The van der Waals surface area contributed by atoms with Crippen LogP contribution in [0.1, 0.15) is 40.0 Å². The first kappa shape index (κ1) is 19.9. The van der Waals surface area contributed by atoms with E-state index in [1.165, 1.54) is 20.8 Å². The van der Waals surface area contributed by atoms with Crippen LogP contribution in [0.5, 0.6) is 0 Å². The summed E-state index contributed by atoms with van der Waals surface area (Å²) in [5, 5.41) is 55.6. The maximum absolute atomic E-state index is 12.1. The highest BCUT2D eigenvalue weighted by atomic mass is 31.2. The fraction of sp³-hybridized carbons (Fsp3) is 1.00. The van der Waals surface area contributed by atoms with Crippen molar-refractivity contribution in [3.05, 3.63) is 0 Å². The minimum absolute atomic E-state index is 0.490. The normalized spacial score (nSPS) is 14.7. The van der Waals surface area contributed by atoms with Gasteiger partial charge in [0.05, 0.1) is 0 Å². The summed E-state index contributed by atoms with van der Waals surface area (Å²) < 4.78 is 24.8. The molecule has 11 heteroatoms. The smallest absolute Gasteiger partial charge is 0.343 e. The summed E-state index contributed by atoms with van der Waals surface area (Å²) >= 11 is 0. The maximum Gasteiger partial charge on any atom is 0.487 e. The summed E-state index contributed by atoms with van der Waals surface area (Å²) in [6.07, 6.45) is -1.47. The summed E-state index contributed by atoms with van der Waals surface area (Å²) in [6, 6.07) is 0. The molecule has 0 aromatic carbocycles. The van der Waals surface area contributed by atoms with E-state index in [0.717, 1.165) is 0 Å². The predicted molar refractivity (Wildman–Crippen MR) is 63.2 cm³/mol. The van der Waals surface area contributed by atoms with Gasteiger partial charge in [0.15, 0.2) is 0 Å². The maximum atomic E-state index is 12.1. The quantitative estimate of drug-likeness (QED) is 0.236. The highest BCUT2D eigenvalue weighted by Gasteiger charge is 2.48. The molecule has 20 heavy (non-hydrogen) atoms. The molecular formula is C9H21O10P. The van der Waals surface area contributed by atoms with Gasteiger partial charge >= 0.3 is 7.82 Å². The van der Waals surface area contributed by atoms with Gasteiger partial charge in [0.1, 0.15) is 0 Å². The van der Waals surface area contributed by atoms with E-state index in [1.807, 2.05) is 0 Å². The van der Waals surface area contributed by atoms with Crippen molar-refractivity contribution < 1.29 is 48.8 Å². The van der Waals surface area contributed by atoms with Crippen LogP contribution in [-0.2, 0) is 18.1 Å². The number of phosphoric ester groups is 1. The first-order valence-corrected chi connectivity index (χ1v) is 7.33.